The zero-order valence-corrected chi connectivity index (χ0v) is 16.4. The normalized spacial score (nSPS) is 22.0. The maximum Gasteiger partial charge on any atom is 0.410 e. The Morgan fingerprint density at radius 1 is 1.32 bits per heavy atom. The zero-order chi connectivity index (χ0) is 19.8. The van der Waals surface area contributed by atoms with E-state index in [1.54, 1.807) is 11.0 Å². The quantitative estimate of drug-likeness (QED) is 0.688. The van der Waals surface area contributed by atoms with Gasteiger partial charge in [-0.25, -0.2) is 4.79 Å². The van der Waals surface area contributed by atoms with Crippen LogP contribution < -0.4 is 0 Å². The Hall–Kier alpha value is -1.89. The second-order valence-corrected chi connectivity index (χ2v) is 7.50. The van der Waals surface area contributed by atoms with Gasteiger partial charge < -0.3 is 19.3 Å². The highest BCUT2D eigenvalue weighted by Crippen LogP contribution is 2.39. The fraction of sp³-hybridized carbons (Fsp3) is 0.591. The van der Waals surface area contributed by atoms with E-state index in [0.29, 0.717) is 19.6 Å². The molecule has 0 aromatic heterocycles. The first-order valence-corrected chi connectivity index (χ1v) is 10.2. The van der Waals surface area contributed by atoms with E-state index in [4.69, 9.17) is 14.2 Å². The summed E-state index contributed by atoms with van der Waals surface area (Å²) in [6.07, 6.45) is 6.50. The van der Waals surface area contributed by atoms with E-state index in [1.807, 2.05) is 30.3 Å². The van der Waals surface area contributed by atoms with Crippen LogP contribution in [0.1, 0.15) is 44.1 Å². The molecular formula is C22H31NO5. The number of hydrogen-bond acceptors (Lipinski definition) is 5. The number of aliphatic hydroxyl groups is 1. The molecule has 1 spiro atoms. The van der Waals surface area contributed by atoms with E-state index in [1.165, 1.54) is 6.42 Å². The van der Waals surface area contributed by atoms with Crippen LogP contribution in [0.3, 0.4) is 0 Å². The number of rotatable bonds is 8. The van der Waals surface area contributed by atoms with Gasteiger partial charge in [0.15, 0.2) is 5.79 Å². The number of ether oxygens (including phenoxy) is 3. The third-order valence-electron chi connectivity index (χ3n) is 5.51. The van der Waals surface area contributed by atoms with Gasteiger partial charge in [0.1, 0.15) is 12.7 Å². The van der Waals surface area contributed by atoms with E-state index in [-0.39, 0.29) is 25.4 Å². The van der Waals surface area contributed by atoms with Crippen molar-refractivity contribution in [2.45, 2.75) is 63.1 Å². The van der Waals surface area contributed by atoms with Crippen molar-refractivity contribution in [1.82, 2.24) is 4.90 Å². The highest BCUT2D eigenvalue weighted by atomic mass is 16.7. The van der Waals surface area contributed by atoms with Crippen LogP contribution in [0, 0.1) is 0 Å². The summed E-state index contributed by atoms with van der Waals surface area (Å²) < 4.78 is 17.9. The average Bonchev–Trinajstić information content (AvgIpc) is 3.13. The molecule has 1 aromatic rings. The minimum atomic E-state index is -0.523. The molecule has 1 aliphatic carbocycles. The van der Waals surface area contributed by atoms with E-state index < -0.39 is 11.9 Å². The first-order chi connectivity index (χ1) is 13.7. The molecule has 2 fully saturated rings. The van der Waals surface area contributed by atoms with Crippen LogP contribution in [-0.4, -0.2) is 53.8 Å². The lowest BCUT2D eigenvalue weighted by Gasteiger charge is -2.36. The standard InChI is InChI=1S/C22H31NO5/c1-2-14-23(21(25)26-16-18-9-5-3-6-10-18)19(11-15-24)20-17-27-22(28-20)12-7-4-8-13-22/h2-3,5-6,9-10,19-20,24H,1,4,7-8,11-17H2/t19-,20-/m1/s1. The minimum absolute atomic E-state index is 0.0445. The number of hydrogen-bond donors (Lipinski definition) is 1. The Balaban J connectivity index is 1.67. The van der Waals surface area contributed by atoms with Gasteiger partial charge in [-0.05, 0) is 24.8 Å². The molecule has 0 bridgehead atoms. The summed E-state index contributed by atoms with van der Waals surface area (Å²) in [7, 11) is 0. The maximum atomic E-state index is 12.8. The Bertz CT molecular complexity index is 629. The molecule has 154 valence electrons. The fourth-order valence-electron chi connectivity index (χ4n) is 4.08. The largest absolute Gasteiger partial charge is 0.445 e. The molecule has 1 N–H and O–H groups in total. The summed E-state index contributed by atoms with van der Waals surface area (Å²) in [5.41, 5.74) is 0.926. The second kappa shape index (κ2) is 10.0. The third-order valence-corrected chi connectivity index (χ3v) is 5.51. The third kappa shape index (κ3) is 5.13. The molecule has 0 radical (unpaired) electrons. The van der Waals surface area contributed by atoms with Crippen molar-refractivity contribution in [3.8, 4) is 0 Å². The summed E-state index contributed by atoms with van der Waals surface area (Å²) >= 11 is 0. The van der Waals surface area contributed by atoms with Gasteiger partial charge >= 0.3 is 6.09 Å². The molecule has 28 heavy (non-hydrogen) atoms. The summed E-state index contributed by atoms with van der Waals surface area (Å²) in [6, 6.07) is 9.24. The molecule has 1 aliphatic heterocycles. The predicted octanol–water partition coefficient (Wildman–Crippen LogP) is 3.64. The molecule has 1 heterocycles. The SMILES string of the molecule is C=CCN(C(=O)OCc1ccccc1)[C@H](CCO)[C@H]1COC2(CCCCC2)O1. The average molecular weight is 389 g/mol. The van der Waals surface area contributed by atoms with Crippen LogP contribution in [-0.2, 0) is 20.8 Å². The van der Waals surface area contributed by atoms with Gasteiger partial charge in [0.2, 0.25) is 0 Å². The van der Waals surface area contributed by atoms with Crippen molar-refractivity contribution in [2.75, 3.05) is 19.8 Å². The number of benzene rings is 1. The van der Waals surface area contributed by atoms with Crippen molar-refractivity contribution >= 4 is 6.09 Å². The van der Waals surface area contributed by atoms with Crippen LogP contribution in [0.4, 0.5) is 4.79 Å². The van der Waals surface area contributed by atoms with Crippen LogP contribution in [0.5, 0.6) is 0 Å². The lowest BCUT2D eigenvalue weighted by Crippen LogP contribution is -2.49. The fourth-order valence-corrected chi connectivity index (χ4v) is 4.08. The van der Waals surface area contributed by atoms with Crippen LogP contribution in [0.15, 0.2) is 43.0 Å². The monoisotopic (exact) mass is 389 g/mol. The highest BCUT2D eigenvalue weighted by molar-refractivity contribution is 5.68. The van der Waals surface area contributed by atoms with Gasteiger partial charge in [-0.3, -0.25) is 4.90 Å². The number of aliphatic hydroxyl groups excluding tert-OH is 1. The van der Waals surface area contributed by atoms with E-state index in [9.17, 15) is 9.90 Å². The zero-order valence-electron chi connectivity index (χ0n) is 16.4. The van der Waals surface area contributed by atoms with Gasteiger partial charge in [-0.2, -0.15) is 0 Å². The summed E-state index contributed by atoms with van der Waals surface area (Å²) in [4.78, 5) is 14.4. The van der Waals surface area contributed by atoms with Gasteiger partial charge in [-0.1, -0.05) is 42.8 Å². The molecule has 2 aliphatic rings. The van der Waals surface area contributed by atoms with Crippen molar-refractivity contribution in [2.24, 2.45) is 0 Å². The van der Waals surface area contributed by atoms with Crippen molar-refractivity contribution in [1.29, 1.82) is 0 Å². The smallest absolute Gasteiger partial charge is 0.410 e. The summed E-state index contributed by atoms with van der Waals surface area (Å²) in [6.45, 7) is 4.67. The number of carbonyl (C=O) groups is 1. The van der Waals surface area contributed by atoms with Gasteiger partial charge in [0, 0.05) is 26.0 Å². The first-order valence-electron chi connectivity index (χ1n) is 10.2. The molecule has 6 nitrogen and oxygen atoms in total. The van der Waals surface area contributed by atoms with Crippen molar-refractivity contribution < 1.29 is 24.1 Å². The van der Waals surface area contributed by atoms with Gasteiger partial charge in [-0.15, -0.1) is 6.58 Å². The predicted molar refractivity (Wildman–Crippen MR) is 106 cm³/mol. The molecule has 3 rings (SSSR count). The van der Waals surface area contributed by atoms with Crippen LogP contribution in [0.25, 0.3) is 0 Å². The molecule has 1 amide bonds. The lowest BCUT2D eigenvalue weighted by atomic mass is 9.94. The summed E-state index contributed by atoms with van der Waals surface area (Å²) in [5.74, 6) is -0.523. The van der Waals surface area contributed by atoms with E-state index in [2.05, 4.69) is 6.58 Å². The van der Waals surface area contributed by atoms with E-state index >= 15 is 0 Å². The Kier molecular flexibility index (Phi) is 7.48. The first kappa shape index (κ1) is 20.8. The minimum Gasteiger partial charge on any atom is -0.445 e. The van der Waals surface area contributed by atoms with Gasteiger partial charge in [0.05, 0.1) is 12.6 Å². The molecule has 2 atom stereocenters. The lowest BCUT2D eigenvalue weighted by molar-refractivity contribution is -0.192. The molecule has 0 unspecified atom stereocenters. The molecular weight excluding hydrogens is 358 g/mol. The van der Waals surface area contributed by atoms with E-state index in [0.717, 1.165) is 31.2 Å². The molecule has 1 aromatic carbocycles. The number of amides is 1. The topological polar surface area (TPSA) is 68.2 Å². The molecule has 1 saturated heterocycles. The van der Waals surface area contributed by atoms with Crippen molar-refractivity contribution in [3.63, 3.8) is 0 Å². The van der Waals surface area contributed by atoms with Crippen LogP contribution in [0.2, 0.25) is 0 Å². The Morgan fingerprint density at radius 3 is 2.75 bits per heavy atom. The second-order valence-electron chi connectivity index (χ2n) is 7.50. The maximum absolute atomic E-state index is 12.8. The number of nitrogens with zero attached hydrogens (tertiary/aromatic N) is 1. The van der Waals surface area contributed by atoms with Crippen molar-refractivity contribution in [3.05, 3.63) is 48.6 Å². The van der Waals surface area contributed by atoms with Gasteiger partial charge in [0.25, 0.3) is 0 Å². The number of carbonyl (C=O) groups excluding carboxylic acids is 1. The molecule has 6 heteroatoms. The molecule has 1 saturated carbocycles. The van der Waals surface area contributed by atoms with Crippen LogP contribution >= 0.6 is 0 Å². The highest BCUT2D eigenvalue weighted by Gasteiger charge is 2.46. The summed E-state index contributed by atoms with van der Waals surface area (Å²) in [5, 5.41) is 9.60. The Labute approximate surface area is 167 Å². The Morgan fingerprint density at radius 2 is 2.07 bits per heavy atom.